The molecule has 8 nitrogen and oxygen atoms in total. The second-order valence-electron chi connectivity index (χ2n) is 7.20. The van der Waals surface area contributed by atoms with E-state index in [2.05, 4.69) is 15.5 Å². The smallest absolute Gasteiger partial charge is 0.255 e. The second-order valence-corrected chi connectivity index (χ2v) is 7.20. The third kappa shape index (κ3) is 4.08. The van der Waals surface area contributed by atoms with Crippen molar-refractivity contribution in [3.05, 3.63) is 53.5 Å². The van der Waals surface area contributed by atoms with Gasteiger partial charge in [-0.25, -0.2) is 0 Å². The van der Waals surface area contributed by atoms with Crippen LogP contribution in [0.25, 0.3) is 11.0 Å². The van der Waals surface area contributed by atoms with E-state index in [1.165, 1.54) is 0 Å². The number of aliphatic hydroxyl groups excluding tert-OH is 1. The molecule has 0 aliphatic carbocycles. The summed E-state index contributed by atoms with van der Waals surface area (Å²) in [6.45, 7) is 2.90. The summed E-state index contributed by atoms with van der Waals surface area (Å²) in [5.41, 5.74) is 1.08. The summed E-state index contributed by atoms with van der Waals surface area (Å²) >= 11 is 0. The predicted octanol–water partition coefficient (Wildman–Crippen LogP) is 2.38. The molecule has 2 N–H and O–H groups in total. The van der Waals surface area contributed by atoms with Crippen LogP contribution in [0, 0.1) is 6.92 Å². The Morgan fingerprint density at radius 3 is 2.86 bits per heavy atom. The Kier molecular flexibility index (Phi) is 5.46. The zero-order valence-corrected chi connectivity index (χ0v) is 16.2. The first-order chi connectivity index (χ1) is 14.1. The second kappa shape index (κ2) is 8.18. The van der Waals surface area contributed by atoms with Gasteiger partial charge in [-0.1, -0.05) is 0 Å². The molecule has 8 heteroatoms. The van der Waals surface area contributed by atoms with E-state index in [0.717, 1.165) is 0 Å². The number of fused-ring (bicyclic) bond motifs is 1. The van der Waals surface area contributed by atoms with Gasteiger partial charge in [0.15, 0.2) is 0 Å². The molecular formula is C21H23N3O5. The summed E-state index contributed by atoms with van der Waals surface area (Å²) < 4.78 is 16.9. The molecule has 2 aromatic heterocycles. The van der Waals surface area contributed by atoms with Gasteiger partial charge in [-0.3, -0.25) is 4.79 Å². The molecule has 1 aromatic carbocycles. The quantitative estimate of drug-likeness (QED) is 0.658. The molecule has 0 spiro atoms. The number of benzene rings is 1. The molecule has 4 rings (SSSR count). The number of rotatable bonds is 6. The first-order valence-corrected chi connectivity index (χ1v) is 9.54. The first-order valence-electron chi connectivity index (χ1n) is 9.54. The summed E-state index contributed by atoms with van der Waals surface area (Å²) in [6, 6.07) is 8.98. The number of ether oxygens (including phenoxy) is 2. The van der Waals surface area contributed by atoms with Crippen molar-refractivity contribution in [2.24, 2.45) is 0 Å². The van der Waals surface area contributed by atoms with Crippen molar-refractivity contribution in [2.75, 3.05) is 19.8 Å². The SMILES string of the molecule is Cc1oc2ccc(OCc3cccnn3)cc2c1C(=O)NC1(CO)CCOCC1. The topological polar surface area (TPSA) is 107 Å². The maximum absolute atomic E-state index is 13.1. The molecule has 0 radical (unpaired) electrons. The van der Waals surface area contributed by atoms with Gasteiger partial charge in [0.25, 0.3) is 5.91 Å². The molecular weight excluding hydrogens is 374 g/mol. The Morgan fingerprint density at radius 2 is 2.14 bits per heavy atom. The van der Waals surface area contributed by atoms with Crippen molar-refractivity contribution < 1.29 is 23.8 Å². The van der Waals surface area contributed by atoms with E-state index >= 15 is 0 Å². The Morgan fingerprint density at radius 1 is 1.31 bits per heavy atom. The molecule has 1 aliphatic heterocycles. The number of aryl methyl sites for hydroxylation is 1. The fourth-order valence-corrected chi connectivity index (χ4v) is 3.53. The van der Waals surface area contributed by atoms with Crippen LogP contribution in [0.2, 0.25) is 0 Å². The summed E-state index contributed by atoms with van der Waals surface area (Å²) in [4.78, 5) is 13.1. The Hall–Kier alpha value is -2.97. The Bertz CT molecular complexity index is 996. The number of furan rings is 1. The minimum absolute atomic E-state index is 0.136. The normalized spacial score (nSPS) is 15.9. The minimum atomic E-state index is -0.675. The number of carbonyl (C=O) groups is 1. The molecule has 3 aromatic rings. The number of carbonyl (C=O) groups excluding carboxylic acids is 1. The number of aliphatic hydroxyl groups is 1. The van der Waals surface area contributed by atoms with Crippen LogP contribution in [-0.2, 0) is 11.3 Å². The third-order valence-electron chi connectivity index (χ3n) is 5.21. The molecule has 0 atom stereocenters. The first kappa shape index (κ1) is 19.4. The average Bonchev–Trinajstić information content (AvgIpc) is 3.08. The van der Waals surface area contributed by atoms with Gasteiger partial charge in [0, 0.05) is 24.8 Å². The number of hydrogen-bond donors (Lipinski definition) is 2. The molecule has 1 saturated heterocycles. The molecule has 0 bridgehead atoms. The van der Waals surface area contributed by atoms with Crippen molar-refractivity contribution in [1.82, 2.24) is 15.5 Å². The van der Waals surface area contributed by atoms with Gasteiger partial charge in [0.1, 0.15) is 29.4 Å². The van der Waals surface area contributed by atoms with Gasteiger partial charge < -0.3 is 24.3 Å². The van der Waals surface area contributed by atoms with Gasteiger partial charge >= 0.3 is 0 Å². The van der Waals surface area contributed by atoms with E-state index in [4.69, 9.17) is 13.9 Å². The third-order valence-corrected chi connectivity index (χ3v) is 5.21. The van der Waals surface area contributed by atoms with Gasteiger partial charge in [-0.15, -0.1) is 0 Å². The van der Waals surface area contributed by atoms with E-state index in [0.29, 0.717) is 59.8 Å². The van der Waals surface area contributed by atoms with Crippen molar-refractivity contribution in [3.8, 4) is 5.75 Å². The van der Waals surface area contributed by atoms with E-state index in [-0.39, 0.29) is 19.1 Å². The van der Waals surface area contributed by atoms with Crippen LogP contribution >= 0.6 is 0 Å². The number of amides is 1. The average molecular weight is 397 g/mol. The summed E-state index contributed by atoms with van der Waals surface area (Å²) in [6.07, 6.45) is 2.74. The molecule has 0 saturated carbocycles. The number of nitrogens with one attached hydrogen (secondary N) is 1. The molecule has 152 valence electrons. The Balaban J connectivity index is 1.58. The predicted molar refractivity (Wildman–Crippen MR) is 105 cm³/mol. The maximum Gasteiger partial charge on any atom is 0.255 e. The number of aromatic nitrogens is 2. The number of hydrogen-bond acceptors (Lipinski definition) is 7. The van der Waals surface area contributed by atoms with Crippen molar-refractivity contribution >= 4 is 16.9 Å². The van der Waals surface area contributed by atoms with Crippen LogP contribution in [-0.4, -0.2) is 46.6 Å². The van der Waals surface area contributed by atoms with E-state index in [1.807, 2.05) is 6.07 Å². The zero-order valence-electron chi connectivity index (χ0n) is 16.2. The lowest BCUT2D eigenvalue weighted by atomic mass is 9.90. The minimum Gasteiger partial charge on any atom is -0.487 e. The van der Waals surface area contributed by atoms with Gasteiger partial charge in [0.05, 0.1) is 17.7 Å². The summed E-state index contributed by atoms with van der Waals surface area (Å²) in [5.74, 6) is 0.841. The van der Waals surface area contributed by atoms with Crippen molar-refractivity contribution in [1.29, 1.82) is 0 Å². The lowest BCUT2D eigenvalue weighted by Crippen LogP contribution is -2.54. The van der Waals surface area contributed by atoms with Crippen LogP contribution in [0.3, 0.4) is 0 Å². The molecule has 1 aliphatic rings. The van der Waals surface area contributed by atoms with Crippen LogP contribution < -0.4 is 10.1 Å². The highest BCUT2D eigenvalue weighted by molar-refractivity contribution is 6.07. The fourth-order valence-electron chi connectivity index (χ4n) is 3.53. The molecule has 1 amide bonds. The highest BCUT2D eigenvalue weighted by Gasteiger charge is 2.35. The zero-order chi connectivity index (χ0) is 20.3. The lowest BCUT2D eigenvalue weighted by molar-refractivity contribution is 0.0125. The fraction of sp³-hybridized carbons (Fsp3) is 0.381. The lowest BCUT2D eigenvalue weighted by Gasteiger charge is -2.36. The van der Waals surface area contributed by atoms with Crippen LogP contribution in [0.15, 0.2) is 40.9 Å². The van der Waals surface area contributed by atoms with Crippen LogP contribution in [0.1, 0.15) is 34.7 Å². The standard InChI is InChI=1S/C21H23N3O5/c1-14-19(20(26)23-21(13-25)6-9-27-10-7-21)17-11-16(4-5-18(17)29-14)28-12-15-3-2-8-22-24-15/h2-5,8,11,25H,6-7,9-10,12-13H2,1H3,(H,23,26). The molecule has 3 heterocycles. The maximum atomic E-state index is 13.1. The number of nitrogens with zero attached hydrogens (tertiary/aromatic N) is 2. The molecule has 1 fully saturated rings. The van der Waals surface area contributed by atoms with Gasteiger partial charge in [-0.2, -0.15) is 10.2 Å². The summed E-state index contributed by atoms with van der Waals surface area (Å²) in [5, 5.41) is 21.4. The molecule has 29 heavy (non-hydrogen) atoms. The molecule has 0 unspecified atom stereocenters. The largest absolute Gasteiger partial charge is 0.487 e. The van der Waals surface area contributed by atoms with Crippen LogP contribution in [0.5, 0.6) is 5.75 Å². The highest BCUT2D eigenvalue weighted by atomic mass is 16.5. The monoisotopic (exact) mass is 397 g/mol. The van der Waals surface area contributed by atoms with Gasteiger partial charge in [0.2, 0.25) is 0 Å². The van der Waals surface area contributed by atoms with Crippen molar-refractivity contribution in [2.45, 2.75) is 31.9 Å². The van der Waals surface area contributed by atoms with E-state index in [1.54, 1.807) is 37.4 Å². The highest BCUT2D eigenvalue weighted by Crippen LogP contribution is 2.30. The van der Waals surface area contributed by atoms with Gasteiger partial charge in [-0.05, 0) is 50.1 Å². The van der Waals surface area contributed by atoms with Crippen LogP contribution in [0.4, 0.5) is 0 Å². The van der Waals surface area contributed by atoms with E-state index < -0.39 is 5.54 Å². The summed E-state index contributed by atoms with van der Waals surface area (Å²) in [7, 11) is 0. The Labute approximate surface area is 167 Å². The van der Waals surface area contributed by atoms with Crippen molar-refractivity contribution in [3.63, 3.8) is 0 Å². The van der Waals surface area contributed by atoms with E-state index in [9.17, 15) is 9.90 Å².